The molecule has 4 nitrogen and oxygen atoms in total. The fraction of sp³-hybridized carbons (Fsp3) is 0.222. The van der Waals surface area contributed by atoms with Crippen LogP contribution in [0.5, 0.6) is 5.75 Å². The number of benzene rings is 2. The van der Waals surface area contributed by atoms with Crippen LogP contribution in [-0.4, -0.2) is 17.0 Å². The van der Waals surface area contributed by atoms with Gasteiger partial charge in [-0.05, 0) is 54.7 Å². The van der Waals surface area contributed by atoms with Crippen LogP contribution in [-0.2, 0) is 17.6 Å². The smallest absolute Gasteiger partial charge is 0.335 e. The number of hydrogen-bond acceptors (Lipinski definition) is 3. The molecule has 2 aromatic carbocycles. The number of aryl methyl sites for hydroxylation is 2. The average Bonchev–Trinajstić information content (AvgIpc) is 2.49. The first-order chi connectivity index (χ1) is 10.5. The molecule has 0 saturated heterocycles. The molecule has 0 heterocycles. The Labute approximate surface area is 129 Å². The third-order valence-corrected chi connectivity index (χ3v) is 3.32. The predicted octanol–water partition coefficient (Wildman–Crippen LogP) is 3.49. The lowest BCUT2D eigenvalue weighted by molar-refractivity contribution is -0.131. The van der Waals surface area contributed by atoms with Gasteiger partial charge in [-0.3, -0.25) is 4.79 Å². The fourth-order valence-electron chi connectivity index (χ4n) is 2.20. The first kappa shape index (κ1) is 15.8. The number of carboxylic acids is 1. The number of rotatable bonds is 6. The predicted molar refractivity (Wildman–Crippen MR) is 83.2 cm³/mol. The highest BCUT2D eigenvalue weighted by molar-refractivity contribution is 5.87. The summed E-state index contributed by atoms with van der Waals surface area (Å²) in [7, 11) is 0. The van der Waals surface area contributed by atoms with Gasteiger partial charge in [0.05, 0.1) is 5.56 Å². The van der Waals surface area contributed by atoms with Gasteiger partial charge in [-0.15, -0.1) is 0 Å². The monoisotopic (exact) mass is 298 g/mol. The van der Waals surface area contributed by atoms with Crippen LogP contribution in [0.15, 0.2) is 48.5 Å². The van der Waals surface area contributed by atoms with Crippen molar-refractivity contribution in [1.82, 2.24) is 0 Å². The molecular weight excluding hydrogens is 280 g/mol. The van der Waals surface area contributed by atoms with E-state index in [1.54, 1.807) is 24.3 Å². The molecular formula is C18H18O4. The lowest BCUT2D eigenvalue weighted by Gasteiger charge is -2.05. The van der Waals surface area contributed by atoms with Crippen LogP contribution < -0.4 is 4.74 Å². The summed E-state index contributed by atoms with van der Waals surface area (Å²) in [6.07, 6.45) is 2.78. The molecule has 2 aromatic rings. The van der Waals surface area contributed by atoms with Crippen LogP contribution in [0.2, 0.25) is 0 Å². The Morgan fingerprint density at radius 2 is 1.41 bits per heavy atom. The summed E-state index contributed by atoms with van der Waals surface area (Å²) in [5.41, 5.74) is 2.62. The van der Waals surface area contributed by atoms with E-state index in [0.717, 1.165) is 24.8 Å². The van der Waals surface area contributed by atoms with Gasteiger partial charge in [0.1, 0.15) is 5.75 Å². The summed E-state index contributed by atoms with van der Waals surface area (Å²) in [5.74, 6) is -0.669. The van der Waals surface area contributed by atoms with Gasteiger partial charge in [0.2, 0.25) is 0 Å². The maximum absolute atomic E-state index is 10.8. The van der Waals surface area contributed by atoms with E-state index < -0.39 is 5.97 Å². The average molecular weight is 298 g/mol. The second-order valence-electron chi connectivity index (χ2n) is 5.09. The van der Waals surface area contributed by atoms with Crippen molar-refractivity contribution in [2.75, 3.05) is 0 Å². The molecule has 0 amide bonds. The molecule has 0 radical (unpaired) electrons. The zero-order valence-corrected chi connectivity index (χ0v) is 12.4. The molecule has 2 rings (SSSR count). The highest BCUT2D eigenvalue weighted by Gasteiger charge is 2.02. The van der Waals surface area contributed by atoms with Crippen LogP contribution in [0, 0.1) is 0 Å². The van der Waals surface area contributed by atoms with Crippen molar-refractivity contribution < 1.29 is 19.4 Å². The molecule has 0 bridgehead atoms. The molecule has 1 N–H and O–H groups in total. The van der Waals surface area contributed by atoms with Crippen molar-refractivity contribution in [2.45, 2.75) is 26.2 Å². The van der Waals surface area contributed by atoms with Gasteiger partial charge in [-0.1, -0.05) is 24.3 Å². The second kappa shape index (κ2) is 7.41. The molecule has 22 heavy (non-hydrogen) atoms. The third-order valence-electron chi connectivity index (χ3n) is 3.32. The van der Waals surface area contributed by atoms with Crippen LogP contribution in [0.4, 0.5) is 0 Å². The van der Waals surface area contributed by atoms with Crippen molar-refractivity contribution in [3.05, 3.63) is 65.2 Å². The summed E-state index contributed by atoms with van der Waals surface area (Å²) in [6, 6.07) is 14.5. The Morgan fingerprint density at radius 3 is 1.86 bits per heavy atom. The molecule has 0 fully saturated rings. The second-order valence-corrected chi connectivity index (χ2v) is 5.09. The maximum Gasteiger partial charge on any atom is 0.335 e. The number of carbonyl (C=O) groups is 2. The number of carbonyl (C=O) groups excluding carboxylic acids is 1. The van der Waals surface area contributed by atoms with Crippen LogP contribution >= 0.6 is 0 Å². The zero-order valence-electron chi connectivity index (χ0n) is 12.4. The standard InChI is InChI=1S/C18H18O4/c1-13(19)22-17-11-7-15(8-12-17)4-2-3-14-5-9-16(10-6-14)18(20)21/h5-12H,2-4H2,1H3,(H,20,21). The molecule has 0 aromatic heterocycles. The highest BCUT2D eigenvalue weighted by atomic mass is 16.5. The fourth-order valence-corrected chi connectivity index (χ4v) is 2.20. The van der Waals surface area contributed by atoms with E-state index in [0.29, 0.717) is 11.3 Å². The molecule has 0 unspecified atom stereocenters. The van der Waals surface area contributed by atoms with Crippen LogP contribution in [0.3, 0.4) is 0 Å². The Balaban J connectivity index is 1.83. The number of carboxylic acid groups (broad SMARTS) is 1. The van der Waals surface area contributed by atoms with Crippen molar-refractivity contribution in [2.24, 2.45) is 0 Å². The normalized spacial score (nSPS) is 10.2. The van der Waals surface area contributed by atoms with E-state index in [9.17, 15) is 9.59 Å². The van der Waals surface area contributed by atoms with E-state index in [1.807, 2.05) is 24.3 Å². The first-order valence-electron chi connectivity index (χ1n) is 7.14. The third kappa shape index (κ3) is 4.74. The van der Waals surface area contributed by atoms with Crippen LogP contribution in [0.1, 0.15) is 34.8 Å². The van der Waals surface area contributed by atoms with Gasteiger partial charge < -0.3 is 9.84 Å². The van der Waals surface area contributed by atoms with Gasteiger partial charge in [0.15, 0.2) is 0 Å². The topological polar surface area (TPSA) is 63.6 Å². The molecule has 0 atom stereocenters. The summed E-state index contributed by atoms with van der Waals surface area (Å²) in [5, 5.41) is 8.85. The van der Waals surface area contributed by atoms with Crippen molar-refractivity contribution in [1.29, 1.82) is 0 Å². The number of esters is 1. The van der Waals surface area contributed by atoms with Gasteiger partial charge in [-0.25, -0.2) is 4.79 Å². The maximum atomic E-state index is 10.8. The van der Waals surface area contributed by atoms with E-state index in [2.05, 4.69) is 0 Å². The molecule has 114 valence electrons. The summed E-state index contributed by atoms with van der Waals surface area (Å²) >= 11 is 0. The van der Waals surface area contributed by atoms with Gasteiger partial charge in [0, 0.05) is 6.92 Å². The minimum absolute atomic E-state index is 0.310. The lowest BCUT2D eigenvalue weighted by Crippen LogP contribution is -2.01. The summed E-state index contributed by atoms with van der Waals surface area (Å²) < 4.78 is 4.99. The van der Waals surface area contributed by atoms with E-state index >= 15 is 0 Å². The molecule has 0 aliphatic rings. The van der Waals surface area contributed by atoms with Gasteiger partial charge in [-0.2, -0.15) is 0 Å². The molecule has 0 aliphatic carbocycles. The minimum Gasteiger partial charge on any atom is -0.478 e. The minimum atomic E-state index is -0.903. The van der Waals surface area contributed by atoms with Gasteiger partial charge in [0.25, 0.3) is 0 Å². The van der Waals surface area contributed by atoms with Crippen molar-refractivity contribution in [3.8, 4) is 5.75 Å². The molecule has 4 heteroatoms. The molecule has 0 saturated carbocycles. The highest BCUT2D eigenvalue weighted by Crippen LogP contribution is 2.15. The number of aromatic carboxylic acids is 1. The molecule has 0 spiro atoms. The van der Waals surface area contributed by atoms with E-state index in [4.69, 9.17) is 9.84 Å². The Kier molecular flexibility index (Phi) is 5.31. The Morgan fingerprint density at radius 1 is 0.909 bits per heavy atom. The number of hydrogen-bond donors (Lipinski definition) is 1. The zero-order chi connectivity index (χ0) is 15.9. The van der Waals surface area contributed by atoms with Crippen molar-refractivity contribution >= 4 is 11.9 Å². The molecule has 0 aliphatic heterocycles. The summed E-state index contributed by atoms with van der Waals surface area (Å²) in [4.78, 5) is 21.6. The number of ether oxygens (including phenoxy) is 1. The summed E-state index contributed by atoms with van der Waals surface area (Å²) in [6.45, 7) is 1.38. The Bertz CT molecular complexity index is 642. The van der Waals surface area contributed by atoms with E-state index in [-0.39, 0.29) is 5.97 Å². The van der Waals surface area contributed by atoms with Crippen molar-refractivity contribution in [3.63, 3.8) is 0 Å². The lowest BCUT2D eigenvalue weighted by atomic mass is 10.0. The van der Waals surface area contributed by atoms with Crippen LogP contribution in [0.25, 0.3) is 0 Å². The first-order valence-corrected chi connectivity index (χ1v) is 7.14. The SMILES string of the molecule is CC(=O)Oc1ccc(CCCc2ccc(C(=O)O)cc2)cc1. The largest absolute Gasteiger partial charge is 0.478 e. The Hall–Kier alpha value is -2.62. The van der Waals surface area contributed by atoms with E-state index in [1.165, 1.54) is 12.5 Å². The quantitative estimate of drug-likeness (QED) is 0.655. The van der Waals surface area contributed by atoms with Gasteiger partial charge >= 0.3 is 11.9 Å².